The molecule has 0 fully saturated rings. The van der Waals surface area contributed by atoms with E-state index in [9.17, 15) is 0 Å². The van der Waals surface area contributed by atoms with Crippen molar-refractivity contribution >= 4 is 28.4 Å². The van der Waals surface area contributed by atoms with Crippen LogP contribution in [-0.2, 0) is 0 Å². The van der Waals surface area contributed by atoms with Crippen molar-refractivity contribution in [3.63, 3.8) is 0 Å². The van der Waals surface area contributed by atoms with E-state index in [4.69, 9.17) is 5.73 Å². The van der Waals surface area contributed by atoms with Crippen LogP contribution in [0.2, 0.25) is 0 Å². The molecule has 0 atom stereocenters. The van der Waals surface area contributed by atoms with Crippen LogP contribution in [0.15, 0.2) is 18.3 Å². The fourth-order valence-electron chi connectivity index (χ4n) is 0.456. The summed E-state index contributed by atoms with van der Waals surface area (Å²) in [7, 11) is 0. The Bertz CT molecular complexity index is 170. The topological polar surface area (TPSA) is 40.2 Å². The molecule has 0 aliphatic carbocycles. The van der Waals surface area contributed by atoms with E-state index >= 15 is 0 Å². The molecule has 1 heterocycles. The Kier molecular flexibility index (Phi) is 1.67. The van der Waals surface area contributed by atoms with Crippen LogP contribution in [0.4, 0.5) is 5.82 Å². The summed E-state index contributed by atoms with van der Waals surface area (Å²) in [6.45, 7) is 0. The van der Waals surface area contributed by atoms with Crippen LogP contribution in [0.25, 0.3) is 0 Å². The maximum absolute atomic E-state index is 5.40. The molecule has 0 aromatic carbocycles. The molecule has 1 rings (SSSR count). The maximum atomic E-state index is 5.40. The number of hydrogen-bond donors (Lipinski definition) is 1. The number of rotatable bonds is 0. The highest BCUT2D eigenvalue weighted by Gasteiger charge is 1.89. The van der Waals surface area contributed by atoms with E-state index in [2.05, 4.69) is 27.6 Å². The summed E-state index contributed by atoms with van der Waals surface area (Å²) in [5.41, 5.74) is 5.40. The summed E-state index contributed by atoms with van der Waals surface area (Å²) in [5.74, 6) is 0.705. The van der Waals surface area contributed by atoms with Crippen molar-refractivity contribution in [1.29, 1.82) is 0 Å². The molecule has 0 aliphatic rings. The third kappa shape index (κ3) is 1.33. The predicted octanol–water partition coefficient (Wildman–Crippen LogP) is 0.688. The van der Waals surface area contributed by atoms with Crippen molar-refractivity contribution in [3.8, 4) is 0 Å². The Balaban J connectivity index is 3.08. The summed E-state index contributed by atoms with van der Waals surface area (Å²) < 4.78 is 1.15. The molecular formula is C5H6IN2+. The standard InChI is InChI=1S/C5H5IN2/c6-4-1-2-8-5(7)3-4/h1-3H,(H2,7,8)/p+1. The van der Waals surface area contributed by atoms with Gasteiger partial charge in [0.15, 0.2) is 0 Å². The van der Waals surface area contributed by atoms with Crippen LogP contribution in [0.3, 0.4) is 0 Å². The van der Waals surface area contributed by atoms with Crippen molar-refractivity contribution in [2.24, 2.45) is 0 Å². The molecule has 0 saturated heterocycles. The predicted molar refractivity (Wildman–Crippen MR) is 40.1 cm³/mol. The Labute approximate surface area is 61.3 Å². The first kappa shape index (κ1) is 5.81. The zero-order valence-corrected chi connectivity index (χ0v) is 6.34. The van der Waals surface area contributed by atoms with Gasteiger partial charge in [0.25, 0.3) is 5.82 Å². The molecular weight excluding hydrogens is 215 g/mol. The average Bonchev–Trinajstić information content (AvgIpc) is 1.64. The van der Waals surface area contributed by atoms with Crippen molar-refractivity contribution in [3.05, 3.63) is 21.9 Å². The van der Waals surface area contributed by atoms with Crippen LogP contribution in [0, 0.1) is 3.57 Å². The lowest BCUT2D eigenvalue weighted by atomic mass is 10.5. The molecule has 0 aliphatic heterocycles. The molecule has 8 heavy (non-hydrogen) atoms. The number of hydrogen-bond acceptors (Lipinski definition) is 1. The van der Waals surface area contributed by atoms with Crippen LogP contribution < -0.4 is 10.7 Å². The largest absolute Gasteiger partial charge is 0.287 e. The third-order valence-electron chi connectivity index (χ3n) is 0.786. The van der Waals surface area contributed by atoms with Gasteiger partial charge in [-0.2, -0.15) is 0 Å². The van der Waals surface area contributed by atoms with Gasteiger partial charge in [0.2, 0.25) is 0 Å². The Hall–Kier alpha value is -0.320. The highest BCUT2D eigenvalue weighted by Crippen LogP contribution is 2.01. The number of nitrogens with one attached hydrogen (secondary N) is 1. The Morgan fingerprint density at radius 3 is 2.75 bits per heavy atom. The fraction of sp³-hybridized carbons (Fsp3) is 0. The van der Waals surface area contributed by atoms with E-state index < -0.39 is 0 Å². The first-order chi connectivity index (χ1) is 3.79. The third-order valence-corrected chi connectivity index (χ3v) is 1.46. The molecule has 0 spiro atoms. The van der Waals surface area contributed by atoms with Crippen molar-refractivity contribution in [2.45, 2.75) is 0 Å². The Morgan fingerprint density at radius 2 is 2.38 bits per heavy atom. The van der Waals surface area contributed by atoms with Gasteiger partial charge in [-0.25, -0.2) is 4.98 Å². The van der Waals surface area contributed by atoms with Gasteiger partial charge in [-0.15, -0.1) is 0 Å². The average molecular weight is 221 g/mol. The SMILES string of the molecule is Nc1cc(I)cc[nH+]1. The van der Waals surface area contributed by atoms with Gasteiger partial charge < -0.3 is 0 Å². The number of aromatic nitrogens is 1. The lowest BCUT2D eigenvalue weighted by Crippen LogP contribution is -2.08. The molecule has 3 heteroatoms. The molecule has 3 N–H and O–H groups in total. The van der Waals surface area contributed by atoms with Crippen molar-refractivity contribution in [1.82, 2.24) is 0 Å². The lowest BCUT2D eigenvalue weighted by molar-refractivity contribution is -0.360. The minimum Gasteiger partial charge on any atom is -0.287 e. The van der Waals surface area contributed by atoms with Gasteiger partial charge in [0.1, 0.15) is 0 Å². The summed E-state index contributed by atoms with van der Waals surface area (Å²) in [5, 5.41) is 0. The number of anilines is 1. The number of aromatic amines is 1. The lowest BCUT2D eigenvalue weighted by Gasteiger charge is -1.83. The van der Waals surface area contributed by atoms with Gasteiger partial charge in [-0.1, -0.05) is 0 Å². The first-order valence-corrected chi connectivity index (χ1v) is 3.29. The van der Waals surface area contributed by atoms with Crippen LogP contribution in [0.5, 0.6) is 0 Å². The summed E-state index contributed by atoms with van der Waals surface area (Å²) in [4.78, 5) is 2.85. The van der Waals surface area contributed by atoms with Crippen molar-refractivity contribution in [2.75, 3.05) is 5.73 Å². The smallest absolute Gasteiger partial charge is 0.271 e. The van der Waals surface area contributed by atoms with Gasteiger partial charge in [-0.3, -0.25) is 5.73 Å². The molecule has 1 aromatic heterocycles. The minimum absolute atomic E-state index is 0.705. The second kappa shape index (κ2) is 2.30. The molecule has 0 radical (unpaired) electrons. The zero-order chi connectivity index (χ0) is 5.98. The highest BCUT2D eigenvalue weighted by molar-refractivity contribution is 14.1. The zero-order valence-electron chi connectivity index (χ0n) is 4.19. The van der Waals surface area contributed by atoms with Gasteiger partial charge in [0.05, 0.1) is 6.20 Å². The number of H-pyrrole nitrogens is 1. The summed E-state index contributed by atoms with van der Waals surface area (Å²) in [6, 6.07) is 3.83. The van der Waals surface area contributed by atoms with Gasteiger partial charge >= 0.3 is 0 Å². The summed E-state index contributed by atoms with van der Waals surface area (Å²) in [6.07, 6.45) is 1.82. The molecule has 0 unspecified atom stereocenters. The van der Waals surface area contributed by atoms with Crippen molar-refractivity contribution < 1.29 is 4.98 Å². The van der Waals surface area contributed by atoms with E-state index in [0.717, 1.165) is 3.57 Å². The number of nitrogen functional groups attached to an aromatic ring is 1. The van der Waals surface area contributed by atoms with Gasteiger partial charge in [-0.05, 0) is 28.7 Å². The highest BCUT2D eigenvalue weighted by atomic mass is 127. The molecule has 0 bridgehead atoms. The van der Waals surface area contributed by atoms with E-state index in [1.807, 2.05) is 18.3 Å². The summed E-state index contributed by atoms with van der Waals surface area (Å²) >= 11 is 2.21. The maximum Gasteiger partial charge on any atom is 0.271 e. The Morgan fingerprint density at radius 1 is 1.62 bits per heavy atom. The molecule has 0 saturated carbocycles. The normalized spacial score (nSPS) is 9.12. The van der Waals surface area contributed by atoms with E-state index in [1.165, 1.54) is 0 Å². The quantitative estimate of drug-likeness (QED) is 0.643. The van der Waals surface area contributed by atoms with E-state index in [1.54, 1.807) is 0 Å². The second-order valence-corrected chi connectivity index (χ2v) is 2.71. The van der Waals surface area contributed by atoms with E-state index in [0.29, 0.717) is 5.82 Å². The van der Waals surface area contributed by atoms with Crippen LogP contribution >= 0.6 is 22.6 Å². The number of pyridine rings is 1. The van der Waals surface area contributed by atoms with Crippen LogP contribution in [-0.4, -0.2) is 0 Å². The molecule has 0 amide bonds. The van der Waals surface area contributed by atoms with Gasteiger partial charge in [0, 0.05) is 9.64 Å². The monoisotopic (exact) mass is 221 g/mol. The minimum atomic E-state index is 0.705. The fourth-order valence-corrected chi connectivity index (χ4v) is 0.971. The first-order valence-electron chi connectivity index (χ1n) is 2.22. The number of nitrogens with two attached hydrogens (primary N) is 1. The number of halogens is 1. The molecule has 42 valence electrons. The molecule has 2 nitrogen and oxygen atoms in total. The van der Waals surface area contributed by atoms with E-state index in [-0.39, 0.29) is 0 Å². The van der Waals surface area contributed by atoms with Crippen LogP contribution in [0.1, 0.15) is 0 Å². The molecule has 1 aromatic rings. The second-order valence-electron chi connectivity index (χ2n) is 1.46.